The lowest BCUT2D eigenvalue weighted by molar-refractivity contribution is -0.777. The van der Waals surface area contributed by atoms with Crippen molar-refractivity contribution in [2.45, 2.75) is 35.6 Å². The van der Waals surface area contributed by atoms with Crippen molar-refractivity contribution >= 4 is 22.2 Å². The van der Waals surface area contributed by atoms with Gasteiger partial charge in [-0.3, -0.25) is 5.04 Å². The fraction of sp³-hybridized carbons (Fsp3) is 1.00. The average molecular weight is 448 g/mol. The molecule has 18 heteroatoms. The van der Waals surface area contributed by atoms with E-state index in [4.69, 9.17) is 0 Å². The molecule has 8 nitrogen and oxygen atoms in total. The summed E-state index contributed by atoms with van der Waals surface area (Å²) in [6.07, 6.45) is -12.4. The first-order valence-corrected chi connectivity index (χ1v) is 8.06. The summed E-state index contributed by atoms with van der Waals surface area (Å²) in [6.45, 7) is -2.57. The maximum atomic E-state index is 12.9. The molecule has 26 heavy (non-hydrogen) atoms. The van der Waals surface area contributed by atoms with Crippen molar-refractivity contribution in [3.05, 3.63) is 0 Å². The summed E-state index contributed by atoms with van der Waals surface area (Å²) in [6, 6.07) is 0. The minimum atomic E-state index is -6.76. The van der Waals surface area contributed by atoms with Gasteiger partial charge in [0.05, 0.1) is 13.2 Å². The van der Waals surface area contributed by atoms with E-state index in [1.54, 1.807) is 0 Å². The maximum absolute atomic E-state index is 12.9. The summed E-state index contributed by atoms with van der Waals surface area (Å²) in [5.74, 6) is 0. The van der Waals surface area contributed by atoms with E-state index < -0.39 is 70.9 Å². The summed E-state index contributed by atoms with van der Waals surface area (Å²) in [4.78, 5) is 0. The lowest BCUT2D eigenvalue weighted by Crippen LogP contribution is -2.48. The van der Waals surface area contributed by atoms with Crippen molar-refractivity contribution in [3.8, 4) is 0 Å². The smallest absolute Gasteiger partial charge is 0.433 e. The summed E-state index contributed by atoms with van der Waals surface area (Å²) in [5.41, 5.74) is 0. The molecule has 0 N–H and O–H groups in total. The van der Waals surface area contributed by atoms with E-state index in [0.717, 1.165) is 0 Å². The monoisotopic (exact) mass is 448 g/mol. The van der Waals surface area contributed by atoms with Crippen molar-refractivity contribution in [3.63, 3.8) is 0 Å². The highest BCUT2D eigenvalue weighted by Crippen LogP contribution is 2.44. The molecule has 0 saturated carbocycles. The molecule has 0 saturated heterocycles. The Labute approximate surface area is 144 Å². The third-order valence-corrected chi connectivity index (χ3v) is 3.70. The van der Waals surface area contributed by atoms with Gasteiger partial charge in [-0.1, -0.05) is 0 Å². The Bertz CT molecular complexity index is 542. The van der Waals surface area contributed by atoms with E-state index in [2.05, 4.69) is 18.8 Å². The fourth-order valence-electron chi connectivity index (χ4n) is 1.02. The van der Waals surface area contributed by atoms with Gasteiger partial charge < -0.3 is 19.3 Å². The quantitative estimate of drug-likeness (QED) is 0.103. The SMILES string of the molecule is O=S(=O)([O-])C(F)(F)C(F)(F)OCCCCOC(F)(F)C(F)(F)SOO[O-]. The highest BCUT2D eigenvalue weighted by molar-refractivity contribution is 7.95. The van der Waals surface area contributed by atoms with Gasteiger partial charge in [0.1, 0.15) is 12.0 Å². The summed E-state index contributed by atoms with van der Waals surface area (Å²) in [7, 11) is -6.76. The van der Waals surface area contributed by atoms with Crippen molar-refractivity contribution in [2.24, 2.45) is 0 Å². The molecule has 0 rings (SSSR count). The largest absolute Gasteiger partial charge is 0.743 e. The van der Waals surface area contributed by atoms with Crippen LogP contribution in [-0.4, -0.2) is 48.9 Å². The highest BCUT2D eigenvalue weighted by atomic mass is 32.2. The average Bonchev–Trinajstić information content (AvgIpc) is 2.47. The van der Waals surface area contributed by atoms with E-state index in [9.17, 15) is 53.4 Å². The highest BCUT2D eigenvalue weighted by Gasteiger charge is 2.63. The first-order valence-electron chi connectivity index (χ1n) is 5.91. The molecule has 0 fully saturated rings. The fourth-order valence-corrected chi connectivity index (χ4v) is 1.64. The van der Waals surface area contributed by atoms with Crippen LogP contribution in [0.25, 0.3) is 0 Å². The molecule has 0 amide bonds. The number of ether oxygens (including phenoxy) is 2. The Morgan fingerprint density at radius 3 is 1.65 bits per heavy atom. The Balaban J connectivity index is 4.37. The molecule has 0 spiro atoms. The third kappa shape index (κ3) is 6.59. The van der Waals surface area contributed by atoms with Crippen LogP contribution in [0.4, 0.5) is 35.1 Å². The first kappa shape index (κ1) is 25.5. The summed E-state index contributed by atoms with van der Waals surface area (Å²) >= 11 is -1.37. The van der Waals surface area contributed by atoms with Gasteiger partial charge in [-0.05, 0) is 12.8 Å². The van der Waals surface area contributed by atoms with Gasteiger partial charge in [-0.15, -0.1) is 0 Å². The van der Waals surface area contributed by atoms with Crippen molar-refractivity contribution in [1.82, 2.24) is 0 Å². The van der Waals surface area contributed by atoms with Crippen LogP contribution in [-0.2, 0) is 29.0 Å². The zero-order valence-corrected chi connectivity index (χ0v) is 13.6. The molecular weight excluding hydrogens is 440 g/mol. The second-order valence-electron chi connectivity index (χ2n) is 4.14. The van der Waals surface area contributed by atoms with Crippen LogP contribution in [0.15, 0.2) is 0 Å². The summed E-state index contributed by atoms with van der Waals surface area (Å²) in [5, 5.41) is 0.577. The van der Waals surface area contributed by atoms with Crippen molar-refractivity contribution in [2.75, 3.05) is 13.2 Å². The van der Waals surface area contributed by atoms with Crippen LogP contribution < -0.4 is 5.26 Å². The molecule has 0 radical (unpaired) electrons. The minimum Gasteiger partial charge on any atom is -0.743 e. The number of alkyl halides is 8. The predicted octanol–water partition coefficient (Wildman–Crippen LogP) is 1.59. The van der Waals surface area contributed by atoms with Gasteiger partial charge in [-0.25, -0.2) is 8.42 Å². The third-order valence-electron chi connectivity index (χ3n) is 2.26. The number of rotatable bonds is 13. The van der Waals surface area contributed by atoms with Crippen LogP contribution in [0.5, 0.6) is 0 Å². The van der Waals surface area contributed by atoms with Crippen LogP contribution in [0, 0.1) is 0 Å². The second kappa shape index (κ2) is 9.13. The molecule has 0 unspecified atom stereocenters. The number of hydrogen-bond acceptors (Lipinski definition) is 9. The standard InChI is InChI=1S/C8H10F8O8S2/c9-5(10,7(13,14)25-24-23-17)21-3-1-2-4-22-6(11,12)8(15,16)26(18,19)20/h17H,1-4H2,(H,18,19,20)/p-2. The molecule has 0 aromatic heterocycles. The maximum Gasteiger partial charge on any atom is 0.433 e. The van der Waals surface area contributed by atoms with Gasteiger partial charge >= 0.3 is 22.7 Å². The van der Waals surface area contributed by atoms with E-state index in [-0.39, 0.29) is 0 Å². The summed E-state index contributed by atoms with van der Waals surface area (Å²) < 4.78 is 142. The van der Waals surface area contributed by atoms with Gasteiger partial charge in [0.2, 0.25) is 0 Å². The molecule has 0 aromatic carbocycles. The molecule has 0 heterocycles. The van der Waals surface area contributed by atoms with E-state index in [1.807, 2.05) is 0 Å². The van der Waals surface area contributed by atoms with Crippen molar-refractivity contribution < 1.29 is 72.2 Å². The molecule has 0 aromatic rings. The van der Waals surface area contributed by atoms with Crippen LogP contribution in [0.1, 0.15) is 12.8 Å². The lowest BCUT2D eigenvalue weighted by Gasteiger charge is -2.27. The molecule has 158 valence electrons. The molecule has 0 bridgehead atoms. The lowest BCUT2D eigenvalue weighted by atomic mass is 10.3. The predicted molar refractivity (Wildman–Crippen MR) is 60.4 cm³/mol. The van der Waals surface area contributed by atoms with Gasteiger partial charge in [0.15, 0.2) is 10.1 Å². The van der Waals surface area contributed by atoms with Crippen LogP contribution in [0.2, 0.25) is 0 Å². The molecule has 0 aliphatic heterocycles. The van der Waals surface area contributed by atoms with E-state index in [0.29, 0.717) is 0 Å². The Kier molecular flexibility index (Phi) is 8.95. The van der Waals surface area contributed by atoms with Gasteiger partial charge in [0, 0.05) is 0 Å². The first-order chi connectivity index (χ1) is 11.5. The number of hydrogen-bond donors (Lipinski definition) is 0. The normalized spacial score (nSPS) is 14.7. The molecule has 0 aliphatic carbocycles. The molecule has 0 atom stereocenters. The zero-order valence-electron chi connectivity index (χ0n) is 11.9. The Morgan fingerprint density at radius 2 is 1.27 bits per heavy atom. The zero-order chi connectivity index (χ0) is 20.9. The molecular formula is C8H8F8O8S2-2. The van der Waals surface area contributed by atoms with Gasteiger partial charge in [0.25, 0.3) is 0 Å². The van der Waals surface area contributed by atoms with E-state index in [1.165, 1.54) is 0 Å². The molecule has 0 aliphatic rings. The minimum absolute atomic E-state index is 0.707. The van der Waals surface area contributed by atoms with E-state index >= 15 is 0 Å². The number of halogens is 8. The van der Waals surface area contributed by atoms with Gasteiger partial charge in [-0.2, -0.15) is 39.5 Å². The second-order valence-corrected chi connectivity index (χ2v) is 6.38. The Hall–Kier alpha value is -0.500. The van der Waals surface area contributed by atoms with Crippen LogP contribution in [0.3, 0.4) is 0 Å². The number of unbranched alkanes of at least 4 members (excludes halogenated alkanes) is 1. The topological polar surface area (TPSA) is 117 Å². The van der Waals surface area contributed by atoms with Crippen molar-refractivity contribution in [1.29, 1.82) is 0 Å². The van der Waals surface area contributed by atoms with Crippen LogP contribution >= 0.6 is 12.0 Å². The Morgan fingerprint density at radius 1 is 0.846 bits per heavy atom.